The van der Waals surface area contributed by atoms with Gasteiger partial charge in [-0.05, 0) is 18.6 Å². The molecule has 1 aromatic rings. The zero-order valence-electron chi connectivity index (χ0n) is 10.9. The van der Waals surface area contributed by atoms with Crippen molar-refractivity contribution in [1.29, 1.82) is 0 Å². The average molecular weight is 267 g/mol. The maximum atomic E-state index is 11.2. The molecule has 0 aliphatic carbocycles. The van der Waals surface area contributed by atoms with Crippen LogP contribution in [-0.4, -0.2) is 31.0 Å². The van der Waals surface area contributed by atoms with Crippen molar-refractivity contribution in [3.8, 4) is 5.75 Å². The first kappa shape index (κ1) is 14.9. The number of nitrogens with zero attached hydrogens (tertiary/aromatic N) is 1. The molecule has 1 amide bonds. The summed E-state index contributed by atoms with van der Waals surface area (Å²) in [5.74, 6) is 0.309. The summed E-state index contributed by atoms with van der Waals surface area (Å²) in [6, 6.07) is 4.50. The molecule has 0 aliphatic heterocycles. The van der Waals surface area contributed by atoms with Crippen LogP contribution < -0.4 is 15.4 Å². The summed E-state index contributed by atoms with van der Waals surface area (Å²) in [6.07, 6.45) is 0. The summed E-state index contributed by atoms with van der Waals surface area (Å²) in [5, 5.41) is 16.3. The molecule has 0 radical (unpaired) electrons. The zero-order valence-corrected chi connectivity index (χ0v) is 10.9. The fourth-order valence-corrected chi connectivity index (χ4v) is 1.55. The third kappa shape index (κ3) is 4.92. The van der Waals surface area contributed by atoms with Crippen molar-refractivity contribution < 1.29 is 14.5 Å². The number of amides is 1. The highest BCUT2D eigenvalue weighted by Gasteiger charge is 2.10. The molecular formula is C12H17N3O4. The number of hydrogen-bond donors (Lipinski definition) is 2. The average Bonchev–Trinajstić information content (AvgIpc) is 2.38. The summed E-state index contributed by atoms with van der Waals surface area (Å²) in [7, 11) is 1.45. The number of benzene rings is 1. The zero-order chi connectivity index (χ0) is 14.3. The minimum absolute atomic E-state index is 0.0332. The van der Waals surface area contributed by atoms with Gasteiger partial charge in [0.25, 0.3) is 5.69 Å². The van der Waals surface area contributed by atoms with Crippen LogP contribution in [0.15, 0.2) is 18.2 Å². The number of methoxy groups -OCH3 is 1. The van der Waals surface area contributed by atoms with Crippen LogP contribution in [0, 0.1) is 10.1 Å². The highest BCUT2D eigenvalue weighted by atomic mass is 16.6. The fraction of sp³-hybridized carbons (Fsp3) is 0.417. The van der Waals surface area contributed by atoms with Crippen LogP contribution in [0.2, 0.25) is 0 Å². The van der Waals surface area contributed by atoms with Gasteiger partial charge >= 0.3 is 0 Å². The standard InChI is InChI=1S/C12H17N3O4/c1-3-14-12(16)8-13-7-9-4-10(15(17)18)6-11(5-9)19-2/h4-6,13H,3,7-8H2,1-2H3,(H,14,16). The van der Waals surface area contributed by atoms with Crippen LogP contribution >= 0.6 is 0 Å². The molecule has 104 valence electrons. The van der Waals surface area contributed by atoms with Gasteiger partial charge in [0.2, 0.25) is 5.91 Å². The van der Waals surface area contributed by atoms with Crippen molar-refractivity contribution in [1.82, 2.24) is 10.6 Å². The third-order valence-corrected chi connectivity index (χ3v) is 2.39. The SMILES string of the molecule is CCNC(=O)CNCc1cc(OC)cc([N+](=O)[O-])c1. The van der Waals surface area contributed by atoms with Crippen molar-refractivity contribution in [2.24, 2.45) is 0 Å². The maximum Gasteiger partial charge on any atom is 0.273 e. The van der Waals surface area contributed by atoms with Gasteiger partial charge in [0.05, 0.1) is 24.6 Å². The first-order chi connectivity index (χ1) is 9.06. The lowest BCUT2D eigenvalue weighted by molar-refractivity contribution is -0.385. The molecule has 0 aliphatic rings. The topological polar surface area (TPSA) is 93.5 Å². The molecule has 19 heavy (non-hydrogen) atoms. The second kappa shape index (κ2) is 7.32. The number of non-ortho nitro benzene ring substituents is 1. The predicted octanol–water partition coefficient (Wildman–Crippen LogP) is 0.829. The number of nitro groups is 1. The number of hydrogen-bond acceptors (Lipinski definition) is 5. The van der Waals surface area contributed by atoms with Crippen molar-refractivity contribution >= 4 is 11.6 Å². The maximum absolute atomic E-state index is 11.2. The van der Waals surface area contributed by atoms with E-state index in [0.29, 0.717) is 24.4 Å². The van der Waals surface area contributed by atoms with E-state index in [4.69, 9.17) is 4.74 Å². The summed E-state index contributed by atoms with van der Waals surface area (Å²) < 4.78 is 5.00. The van der Waals surface area contributed by atoms with Crippen LogP contribution in [0.25, 0.3) is 0 Å². The Hall–Kier alpha value is -2.15. The molecular weight excluding hydrogens is 250 g/mol. The van der Waals surface area contributed by atoms with Crippen molar-refractivity contribution in [3.05, 3.63) is 33.9 Å². The summed E-state index contributed by atoms with van der Waals surface area (Å²) in [6.45, 7) is 2.93. The summed E-state index contributed by atoms with van der Waals surface area (Å²) in [4.78, 5) is 21.5. The molecule has 0 bridgehead atoms. The molecule has 0 heterocycles. The molecule has 0 atom stereocenters. The molecule has 0 aromatic heterocycles. The lowest BCUT2D eigenvalue weighted by atomic mass is 10.2. The Labute approximate surface area is 111 Å². The van der Waals surface area contributed by atoms with E-state index in [1.807, 2.05) is 6.92 Å². The number of ether oxygens (including phenoxy) is 1. The van der Waals surface area contributed by atoms with E-state index in [1.54, 1.807) is 6.07 Å². The van der Waals surface area contributed by atoms with Gasteiger partial charge in [-0.2, -0.15) is 0 Å². The van der Waals surface area contributed by atoms with Crippen LogP contribution in [0.3, 0.4) is 0 Å². The third-order valence-electron chi connectivity index (χ3n) is 2.39. The quantitative estimate of drug-likeness (QED) is 0.563. The van der Waals surface area contributed by atoms with E-state index in [2.05, 4.69) is 10.6 Å². The van der Waals surface area contributed by atoms with Crippen LogP contribution in [0.1, 0.15) is 12.5 Å². The van der Waals surface area contributed by atoms with Gasteiger partial charge in [-0.3, -0.25) is 14.9 Å². The fourth-order valence-electron chi connectivity index (χ4n) is 1.55. The number of rotatable bonds is 7. The Morgan fingerprint density at radius 3 is 2.74 bits per heavy atom. The van der Waals surface area contributed by atoms with E-state index >= 15 is 0 Å². The number of nitrogens with one attached hydrogen (secondary N) is 2. The smallest absolute Gasteiger partial charge is 0.273 e. The number of nitro benzene ring substituents is 1. The minimum Gasteiger partial charge on any atom is -0.496 e. The molecule has 0 fully saturated rings. The molecule has 0 unspecified atom stereocenters. The largest absolute Gasteiger partial charge is 0.496 e. The van der Waals surface area contributed by atoms with Crippen molar-refractivity contribution in [2.75, 3.05) is 20.2 Å². The van der Waals surface area contributed by atoms with Crippen LogP contribution in [-0.2, 0) is 11.3 Å². The van der Waals surface area contributed by atoms with Gasteiger partial charge < -0.3 is 15.4 Å². The molecule has 0 saturated carbocycles. The number of carbonyl (C=O) groups excluding carboxylic acids is 1. The van der Waals surface area contributed by atoms with Gasteiger partial charge in [0.1, 0.15) is 5.75 Å². The van der Waals surface area contributed by atoms with Crippen molar-refractivity contribution in [2.45, 2.75) is 13.5 Å². The molecule has 7 nitrogen and oxygen atoms in total. The van der Waals surface area contributed by atoms with Gasteiger partial charge in [-0.1, -0.05) is 0 Å². The Morgan fingerprint density at radius 2 is 2.16 bits per heavy atom. The van der Waals surface area contributed by atoms with E-state index in [1.165, 1.54) is 19.2 Å². The molecule has 0 saturated heterocycles. The highest BCUT2D eigenvalue weighted by molar-refractivity contribution is 5.77. The minimum atomic E-state index is -0.476. The molecule has 1 rings (SSSR count). The van der Waals surface area contributed by atoms with E-state index in [0.717, 1.165) is 0 Å². The van der Waals surface area contributed by atoms with Crippen molar-refractivity contribution in [3.63, 3.8) is 0 Å². The second-order valence-electron chi connectivity index (χ2n) is 3.85. The Morgan fingerprint density at radius 1 is 1.42 bits per heavy atom. The van der Waals surface area contributed by atoms with E-state index < -0.39 is 4.92 Å². The molecule has 2 N–H and O–H groups in total. The molecule has 0 spiro atoms. The van der Waals surface area contributed by atoms with Gasteiger partial charge in [-0.25, -0.2) is 0 Å². The van der Waals surface area contributed by atoms with Crippen LogP contribution in [0.4, 0.5) is 5.69 Å². The lowest BCUT2D eigenvalue weighted by Crippen LogP contribution is -2.33. The van der Waals surface area contributed by atoms with Crippen LogP contribution in [0.5, 0.6) is 5.75 Å². The van der Waals surface area contributed by atoms with E-state index in [-0.39, 0.29) is 18.1 Å². The molecule has 1 aromatic carbocycles. The number of likely N-dealkylation sites (N-methyl/N-ethyl adjacent to an activating group) is 1. The summed E-state index contributed by atoms with van der Waals surface area (Å²) in [5.41, 5.74) is 0.657. The van der Waals surface area contributed by atoms with E-state index in [9.17, 15) is 14.9 Å². The first-order valence-electron chi connectivity index (χ1n) is 5.86. The van der Waals surface area contributed by atoms with Gasteiger partial charge in [-0.15, -0.1) is 0 Å². The lowest BCUT2D eigenvalue weighted by Gasteiger charge is -2.07. The second-order valence-corrected chi connectivity index (χ2v) is 3.85. The highest BCUT2D eigenvalue weighted by Crippen LogP contribution is 2.22. The first-order valence-corrected chi connectivity index (χ1v) is 5.86. The van der Waals surface area contributed by atoms with Gasteiger partial charge in [0, 0.05) is 19.2 Å². The predicted molar refractivity (Wildman–Crippen MR) is 70.0 cm³/mol. The Kier molecular flexibility index (Phi) is 5.74. The van der Waals surface area contributed by atoms with Gasteiger partial charge in [0.15, 0.2) is 0 Å². The Bertz CT molecular complexity index is 462. The molecule has 7 heteroatoms. The normalized spacial score (nSPS) is 10.0. The Balaban J connectivity index is 2.64. The summed E-state index contributed by atoms with van der Waals surface area (Å²) >= 11 is 0. The number of carbonyl (C=O) groups is 1. The monoisotopic (exact) mass is 267 g/mol.